The Morgan fingerprint density at radius 2 is 1.97 bits per heavy atom. The van der Waals surface area contributed by atoms with Crippen LogP contribution in [0.2, 0.25) is 0 Å². The minimum atomic E-state index is -0.585. The van der Waals surface area contributed by atoms with Crippen LogP contribution in [0.25, 0.3) is 21.6 Å². The number of esters is 1. The van der Waals surface area contributed by atoms with Crippen LogP contribution >= 0.6 is 11.3 Å². The van der Waals surface area contributed by atoms with Crippen molar-refractivity contribution in [2.75, 3.05) is 11.9 Å². The number of ether oxygens (including phenoxy) is 1. The van der Waals surface area contributed by atoms with E-state index in [1.165, 1.54) is 16.9 Å². The number of nitrogens with one attached hydrogen (secondary N) is 1. The molecule has 0 unspecified atom stereocenters. The number of pyridine rings is 1. The van der Waals surface area contributed by atoms with Gasteiger partial charge >= 0.3 is 5.97 Å². The van der Waals surface area contributed by atoms with E-state index >= 15 is 0 Å². The van der Waals surface area contributed by atoms with Crippen molar-refractivity contribution < 1.29 is 14.3 Å². The molecule has 1 aromatic carbocycles. The predicted octanol–water partition coefficient (Wildman–Crippen LogP) is 4.36. The second kappa shape index (κ2) is 8.69. The highest BCUT2D eigenvalue weighted by molar-refractivity contribution is 7.13. The van der Waals surface area contributed by atoms with E-state index in [2.05, 4.69) is 22.3 Å². The zero-order valence-corrected chi connectivity index (χ0v) is 18.3. The lowest BCUT2D eigenvalue weighted by Crippen LogP contribution is -2.21. The first-order valence-corrected chi connectivity index (χ1v) is 10.8. The molecule has 4 rings (SSSR count). The molecule has 0 bridgehead atoms. The summed E-state index contributed by atoms with van der Waals surface area (Å²) in [6.07, 6.45) is 0.924. The van der Waals surface area contributed by atoms with Gasteiger partial charge in [0.1, 0.15) is 0 Å². The molecule has 0 spiro atoms. The lowest BCUT2D eigenvalue weighted by molar-refractivity contribution is -0.119. The van der Waals surface area contributed by atoms with E-state index in [-0.39, 0.29) is 6.61 Å². The molecule has 158 valence electrons. The summed E-state index contributed by atoms with van der Waals surface area (Å²) in [4.78, 5) is 30.8. The third-order valence-electron chi connectivity index (χ3n) is 4.94. The summed E-state index contributed by atoms with van der Waals surface area (Å²) < 4.78 is 6.98. The number of carbonyl (C=O) groups is 2. The highest BCUT2D eigenvalue weighted by Gasteiger charge is 2.21. The number of nitrogens with zero attached hydrogens (tertiary/aromatic N) is 3. The largest absolute Gasteiger partial charge is 0.452 e. The van der Waals surface area contributed by atoms with E-state index < -0.39 is 11.9 Å². The molecule has 7 nitrogen and oxygen atoms in total. The molecular formula is C23H22N4O3S. The Bertz CT molecular complexity index is 1240. The molecule has 0 atom stereocenters. The highest BCUT2D eigenvalue weighted by atomic mass is 32.1. The quantitative estimate of drug-likeness (QED) is 0.456. The number of amides is 1. The Kier molecular flexibility index (Phi) is 5.81. The van der Waals surface area contributed by atoms with Crippen LogP contribution < -0.4 is 5.32 Å². The van der Waals surface area contributed by atoms with Crippen LogP contribution in [-0.2, 0) is 23.0 Å². The molecule has 3 heterocycles. The van der Waals surface area contributed by atoms with Gasteiger partial charge in [-0.3, -0.25) is 9.48 Å². The van der Waals surface area contributed by atoms with Gasteiger partial charge in [-0.25, -0.2) is 9.78 Å². The Balaban J connectivity index is 1.54. The first-order valence-electron chi connectivity index (χ1n) is 9.90. The lowest BCUT2D eigenvalue weighted by Gasteiger charge is -2.09. The summed E-state index contributed by atoms with van der Waals surface area (Å²) in [5.41, 5.74) is 4.12. The average molecular weight is 435 g/mol. The normalized spacial score (nSPS) is 10.9. The van der Waals surface area contributed by atoms with Crippen LogP contribution in [0.15, 0.2) is 47.8 Å². The topological polar surface area (TPSA) is 86.1 Å². The van der Waals surface area contributed by atoms with E-state index in [9.17, 15) is 9.59 Å². The highest BCUT2D eigenvalue weighted by Crippen LogP contribution is 2.29. The summed E-state index contributed by atoms with van der Waals surface area (Å²) in [5, 5.41) is 9.71. The molecule has 3 aromatic heterocycles. The third-order valence-corrected chi connectivity index (χ3v) is 5.83. The van der Waals surface area contributed by atoms with Gasteiger partial charge in [0.25, 0.3) is 5.91 Å². The van der Waals surface area contributed by atoms with Crippen molar-refractivity contribution in [3.05, 3.63) is 64.7 Å². The van der Waals surface area contributed by atoms with Gasteiger partial charge in [-0.1, -0.05) is 25.1 Å². The summed E-state index contributed by atoms with van der Waals surface area (Å²) >= 11 is 1.53. The molecule has 0 fully saturated rings. The zero-order chi connectivity index (χ0) is 22.0. The van der Waals surface area contributed by atoms with E-state index in [1.54, 1.807) is 17.8 Å². The minimum Gasteiger partial charge on any atom is -0.452 e. The Hall–Kier alpha value is -3.52. The van der Waals surface area contributed by atoms with Crippen molar-refractivity contribution in [2.24, 2.45) is 7.05 Å². The molecule has 0 saturated carbocycles. The maximum atomic E-state index is 12.9. The van der Waals surface area contributed by atoms with Gasteiger partial charge < -0.3 is 10.1 Å². The lowest BCUT2D eigenvalue weighted by atomic mass is 10.1. The summed E-state index contributed by atoms with van der Waals surface area (Å²) in [7, 11) is 1.78. The first kappa shape index (κ1) is 20.7. The third kappa shape index (κ3) is 4.34. The van der Waals surface area contributed by atoms with Crippen molar-refractivity contribution >= 4 is 39.9 Å². The number of thiophene rings is 1. The van der Waals surface area contributed by atoms with Gasteiger partial charge in [-0.15, -0.1) is 11.3 Å². The van der Waals surface area contributed by atoms with Crippen molar-refractivity contribution in [1.82, 2.24) is 14.8 Å². The number of hydrogen-bond acceptors (Lipinski definition) is 6. The van der Waals surface area contributed by atoms with Gasteiger partial charge in [0.2, 0.25) is 0 Å². The maximum absolute atomic E-state index is 12.9. The molecular weight excluding hydrogens is 412 g/mol. The molecule has 0 aliphatic rings. The molecule has 1 amide bonds. The number of aromatic nitrogens is 3. The van der Waals surface area contributed by atoms with Crippen LogP contribution in [0.5, 0.6) is 0 Å². The van der Waals surface area contributed by atoms with Crippen LogP contribution in [0.4, 0.5) is 5.69 Å². The molecule has 8 heteroatoms. The second-order valence-corrected chi connectivity index (χ2v) is 8.06. The molecule has 0 aliphatic heterocycles. The zero-order valence-electron chi connectivity index (χ0n) is 17.5. The van der Waals surface area contributed by atoms with E-state index in [1.807, 2.05) is 48.7 Å². The molecule has 31 heavy (non-hydrogen) atoms. The van der Waals surface area contributed by atoms with Crippen LogP contribution in [0, 0.1) is 6.92 Å². The predicted molar refractivity (Wildman–Crippen MR) is 121 cm³/mol. The Morgan fingerprint density at radius 3 is 2.65 bits per heavy atom. The van der Waals surface area contributed by atoms with E-state index in [0.29, 0.717) is 33.7 Å². The molecule has 0 radical (unpaired) electrons. The number of aryl methyl sites for hydroxylation is 3. The summed E-state index contributed by atoms with van der Waals surface area (Å²) in [5.74, 6) is -0.984. The first-order chi connectivity index (χ1) is 15.0. The number of anilines is 1. The molecule has 0 saturated heterocycles. The van der Waals surface area contributed by atoms with Gasteiger partial charge in [0, 0.05) is 12.7 Å². The van der Waals surface area contributed by atoms with Crippen molar-refractivity contribution in [3.8, 4) is 10.6 Å². The number of rotatable bonds is 6. The molecule has 0 aliphatic carbocycles. The van der Waals surface area contributed by atoms with E-state index in [0.717, 1.165) is 11.3 Å². The summed E-state index contributed by atoms with van der Waals surface area (Å²) in [6.45, 7) is 3.50. The number of hydrogen-bond donors (Lipinski definition) is 1. The standard InChI is InChI=1S/C23H22N4O3S/c1-4-15-7-9-16(10-8-15)24-20(28)13-30-23(29)17-12-18(19-6-5-11-31-19)25-22-21(17)14(2)26-27(22)3/h5-12H,4,13H2,1-3H3,(H,24,28). The fourth-order valence-electron chi connectivity index (χ4n) is 3.39. The van der Waals surface area contributed by atoms with E-state index in [4.69, 9.17) is 4.74 Å². The Labute approximate surface area is 183 Å². The minimum absolute atomic E-state index is 0.346. The van der Waals surface area contributed by atoms with Gasteiger partial charge in [0.05, 0.1) is 27.2 Å². The van der Waals surface area contributed by atoms with Crippen molar-refractivity contribution in [2.45, 2.75) is 20.3 Å². The van der Waals surface area contributed by atoms with Crippen molar-refractivity contribution in [3.63, 3.8) is 0 Å². The maximum Gasteiger partial charge on any atom is 0.339 e. The molecule has 1 N–H and O–H groups in total. The monoisotopic (exact) mass is 434 g/mol. The van der Waals surface area contributed by atoms with Crippen molar-refractivity contribution in [1.29, 1.82) is 0 Å². The number of carbonyl (C=O) groups excluding carboxylic acids is 2. The second-order valence-electron chi connectivity index (χ2n) is 7.11. The summed E-state index contributed by atoms with van der Waals surface area (Å²) in [6, 6.07) is 13.1. The smallest absolute Gasteiger partial charge is 0.339 e. The average Bonchev–Trinajstić information content (AvgIpc) is 3.40. The number of benzene rings is 1. The fraction of sp³-hybridized carbons (Fsp3) is 0.217. The Morgan fingerprint density at radius 1 is 1.19 bits per heavy atom. The van der Waals surface area contributed by atoms with Crippen LogP contribution in [0.1, 0.15) is 28.5 Å². The SMILES string of the molecule is CCc1ccc(NC(=O)COC(=O)c2cc(-c3cccs3)nc3c2c(C)nn3C)cc1. The van der Waals surface area contributed by atoms with Crippen LogP contribution in [-0.4, -0.2) is 33.2 Å². The van der Waals surface area contributed by atoms with Crippen LogP contribution in [0.3, 0.4) is 0 Å². The molecule has 4 aromatic rings. The van der Waals surface area contributed by atoms with Gasteiger partial charge in [0.15, 0.2) is 12.3 Å². The fourth-order valence-corrected chi connectivity index (χ4v) is 4.07. The van der Waals surface area contributed by atoms with Gasteiger partial charge in [-0.05, 0) is 48.6 Å². The van der Waals surface area contributed by atoms with Gasteiger partial charge in [-0.2, -0.15) is 5.10 Å². The number of fused-ring (bicyclic) bond motifs is 1.